The molecule has 2 aromatic carbocycles. The lowest BCUT2D eigenvalue weighted by Crippen LogP contribution is -2.44. The summed E-state index contributed by atoms with van der Waals surface area (Å²) in [6, 6.07) is 12.5. The molecule has 0 aromatic heterocycles. The highest BCUT2D eigenvalue weighted by Crippen LogP contribution is 2.39. The van der Waals surface area contributed by atoms with Crippen molar-refractivity contribution in [2.75, 3.05) is 13.7 Å². The smallest absolute Gasteiger partial charge is 0.146 e. The summed E-state index contributed by atoms with van der Waals surface area (Å²) < 4.78 is 11.6. The van der Waals surface area contributed by atoms with Gasteiger partial charge in [0.2, 0.25) is 0 Å². The molecule has 20 heavy (non-hydrogen) atoms. The van der Waals surface area contributed by atoms with Crippen LogP contribution >= 0.6 is 0 Å². The fraction of sp³-hybridized carbons (Fsp3) is 0.412. The van der Waals surface area contributed by atoms with Crippen molar-refractivity contribution in [2.45, 2.75) is 32.0 Å². The molecule has 0 saturated carbocycles. The van der Waals surface area contributed by atoms with Crippen LogP contribution in [0, 0.1) is 0 Å². The SMILES string of the molecule is COc1cc2ccccc2cc1C1(C)NC(C)(C)CO1. The number of nitrogens with one attached hydrogen (secondary N) is 1. The van der Waals surface area contributed by atoms with Crippen molar-refractivity contribution < 1.29 is 9.47 Å². The second-order valence-electron chi connectivity index (χ2n) is 6.23. The van der Waals surface area contributed by atoms with E-state index in [0.717, 1.165) is 11.3 Å². The Hall–Kier alpha value is -1.58. The average molecular weight is 271 g/mol. The fourth-order valence-electron chi connectivity index (χ4n) is 2.95. The van der Waals surface area contributed by atoms with E-state index in [-0.39, 0.29) is 5.54 Å². The third-order valence-corrected chi connectivity index (χ3v) is 3.88. The number of hydrogen-bond donors (Lipinski definition) is 1. The molecule has 0 aliphatic carbocycles. The molecule has 1 heterocycles. The van der Waals surface area contributed by atoms with Crippen molar-refractivity contribution >= 4 is 10.8 Å². The van der Waals surface area contributed by atoms with E-state index in [1.807, 2.05) is 12.1 Å². The summed E-state index contributed by atoms with van der Waals surface area (Å²) >= 11 is 0. The number of hydrogen-bond acceptors (Lipinski definition) is 3. The molecule has 2 aromatic rings. The summed E-state index contributed by atoms with van der Waals surface area (Å²) in [5.74, 6) is 0.858. The molecule has 1 saturated heterocycles. The summed E-state index contributed by atoms with van der Waals surface area (Å²) in [6.07, 6.45) is 0. The van der Waals surface area contributed by atoms with E-state index in [4.69, 9.17) is 9.47 Å². The first-order valence-electron chi connectivity index (χ1n) is 6.94. The van der Waals surface area contributed by atoms with E-state index in [0.29, 0.717) is 6.61 Å². The van der Waals surface area contributed by atoms with Crippen LogP contribution in [0.3, 0.4) is 0 Å². The van der Waals surface area contributed by atoms with Gasteiger partial charge in [0, 0.05) is 11.1 Å². The highest BCUT2D eigenvalue weighted by atomic mass is 16.5. The normalized spacial score (nSPS) is 25.0. The molecule has 1 aliphatic rings. The summed E-state index contributed by atoms with van der Waals surface area (Å²) in [5.41, 5.74) is 0.494. The van der Waals surface area contributed by atoms with E-state index in [9.17, 15) is 0 Å². The Morgan fingerprint density at radius 1 is 1.10 bits per heavy atom. The summed E-state index contributed by atoms with van der Waals surface area (Å²) in [6.45, 7) is 7.03. The zero-order valence-corrected chi connectivity index (χ0v) is 12.5. The van der Waals surface area contributed by atoms with Crippen molar-refractivity contribution in [1.82, 2.24) is 5.32 Å². The van der Waals surface area contributed by atoms with Crippen LogP contribution in [-0.2, 0) is 10.5 Å². The Kier molecular flexibility index (Phi) is 3.00. The van der Waals surface area contributed by atoms with Gasteiger partial charge in [-0.15, -0.1) is 0 Å². The van der Waals surface area contributed by atoms with Gasteiger partial charge in [-0.3, -0.25) is 5.32 Å². The van der Waals surface area contributed by atoms with Gasteiger partial charge in [-0.05, 0) is 43.7 Å². The third-order valence-electron chi connectivity index (χ3n) is 3.88. The van der Waals surface area contributed by atoms with Gasteiger partial charge in [-0.2, -0.15) is 0 Å². The van der Waals surface area contributed by atoms with Crippen LogP contribution in [0.5, 0.6) is 5.75 Å². The monoisotopic (exact) mass is 271 g/mol. The first-order valence-corrected chi connectivity index (χ1v) is 6.94. The Balaban J connectivity index is 2.15. The largest absolute Gasteiger partial charge is 0.496 e. The van der Waals surface area contributed by atoms with Crippen molar-refractivity contribution in [2.24, 2.45) is 0 Å². The Morgan fingerprint density at radius 2 is 1.75 bits per heavy atom. The molecule has 106 valence electrons. The molecule has 0 spiro atoms. The number of benzene rings is 2. The van der Waals surface area contributed by atoms with Gasteiger partial charge in [0.1, 0.15) is 11.5 Å². The quantitative estimate of drug-likeness (QED) is 0.908. The first kappa shape index (κ1) is 13.4. The van der Waals surface area contributed by atoms with Gasteiger partial charge in [0.05, 0.1) is 13.7 Å². The van der Waals surface area contributed by atoms with Crippen LogP contribution in [0.1, 0.15) is 26.3 Å². The maximum atomic E-state index is 6.04. The fourth-order valence-corrected chi connectivity index (χ4v) is 2.95. The molecular weight excluding hydrogens is 250 g/mol. The lowest BCUT2D eigenvalue weighted by Gasteiger charge is -2.29. The van der Waals surface area contributed by atoms with Crippen molar-refractivity contribution in [3.8, 4) is 5.75 Å². The minimum absolute atomic E-state index is 0.0363. The molecule has 1 N–H and O–H groups in total. The van der Waals surface area contributed by atoms with Crippen LogP contribution in [0.4, 0.5) is 0 Å². The maximum absolute atomic E-state index is 6.04. The summed E-state index contributed by atoms with van der Waals surface area (Å²) in [5, 5.41) is 5.93. The predicted molar refractivity (Wildman–Crippen MR) is 81.0 cm³/mol. The molecule has 1 aliphatic heterocycles. The van der Waals surface area contributed by atoms with Gasteiger partial charge in [0.25, 0.3) is 0 Å². The highest BCUT2D eigenvalue weighted by molar-refractivity contribution is 5.85. The average Bonchev–Trinajstić information content (AvgIpc) is 2.72. The van der Waals surface area contributed by atoms with Gasteiger partial charge >= 0.3 is 0 Å². The minimum Gasteiger partial charge on any atom is -0.496 e. The van der Waals surface area contributed by atoms with Crippen molar-refractivity contribution in [3.05, 3.63) is 42.0 Å². The van der Waals surface area contributed by atoms with E-state index in [1.165, 1.54) is 10.8 Å². The van der Waals surface area contributed by atoms with Crippen LogP contribution < -0.4 is 10.1 Å². The summed E-state index contributed by atoms with van der Waals surface area (Å²) in [4.78, 5) is 0. The van der Waals surface area contributed by atoms with Gasteiger partial charge in [-0.1, -0.05) is 24.3 Å². The molecular formula is C17H21NO2. The molecule has 1 atom stereocenters. The third kappa shape index (κ3) is 2.17. The lowest BCUT2D eigenvalue weighted by molar-refractivity contribution is 0.000528. The Labute approximate surface area is 119 Å². The molecule has 3 rings (SSSR count). The standard InChI is InChI=1S/C17H21NO2/c1-16(2)11-20-17(3,18-16)14-9-12-7-5-6-8-13(12)10-15(14)19-4/h5-10,18H,11H2,1-4H3. The van der Waals surface area contributed by atoms with Crippen LogP contribution in [0.15, 0.2) is 36.4 Å². The second kappa shape index (κ2) is 4.47. The molecule has 0 bridgehead atoms. The molecule has 1 unspecified atom stereocenters. The molecule has 0 radical (unpaired) electrons. The molecule has 1 fully saturated rings. The van der Waals surface area contributed by atoms with E-state index < -0.39 is 5.72 Å². The number of fused-ring (bicyclic) bond motifs is 1. The number of ether oxygens (including phenoxy) is 2. The topological polar surface area (TPSA) is 30.5 Å². The minimum atomic E-state index is -0.515. The van der Waals surface area contributed by atoms with Crippen LogP contribution in [-0.4, -0.2) is 19.3 Å². The van der Waals surface area contributed by atoms with E-state index in [2.05, 4.69) is 50.4 Å². The van der Waals surface area contributed by atoms with Crippen molar-refractivity contribution in [3.63, 3.8) is 0 Å². The highest BCUT2D eigenvalue weighted by Gasteiger charge is 2.43. The number of rotatable bonds is 2. The van der Waals surface area contributed by atoms with E-state index >= 15 is 0 Å². The molecule has 3 heteroatoms. The Bertz CT molecular complexity index is 650. The lowest BCUT2D eigenvalue weighted by atomic mass is 9.97. The van der Waals surface area contributed by atoms with Crippen LogP contribution in [0.2, 0.25) is 0 Å². The molecule has 0 amide bonds. The maximum Gasteiger partial charge on any atom is 0.146 e. The second-order valence-corrected chi connectivity index (χ2v) is 6.23. The zero-order valence-electron chi connectivity index (χ0n) is 12.5. The first-order chi connectivity index (χ1) is 9.43. The zero-order chi connectivity index (χ0) is 14.4. The predicted octanol–water partition coefficient (Wildman–Crippen LogP) is 3.42. The number of methoxy groups -OCH3 is 1. The summed E-state index contributed by atoms with van der Waals surface area (Å²) in [7, 11) is 1.71. The van der Waals surface area contributed by atoms with Gasteiger partial charge in [0.15, 0.2) is 0 Å². The van der Waals surface area contributed by atoms with Crippen molar-refractivity contribution in [1.29, 1.82) is 0 Å². The van der Waals surface area contributed by atoms with Crippen LogP contribution in [0.25, 0.3) is 10.8 Å². The Morgan fingerprint density at radius 3 is 2.30 bits per heavy atom. The molecule has 3 nitrogen and oxygen atoms in total. The van der Waals surface area contributed by atoms with Gasteiger partial charge < -0.3 is 9.47 Å². The van der Waals surface area contributed by atoms with Gasteiger partial charge in [-0.25, -0.2) is 0 Å². The van der Waals surface area contributed by atoms with E-state index in [1.54, 1.807) is 7.11 Å².